The Kier molecular flexibility index (Phi) is 4.15. The number of halogens is 2. The minimum absolute atomic E-state index is 0.135. The van der Waals surface area contributed by atoms with Gasteiger partial charge in [0.1, 0.15) is 4.83 Å². The van der Waals surface area contributed by atoms with Gasteiger partial charge in [0, 0.05) is 4.88 Å². The average molecular weight is 421 g/mol. The molecule has 27 heavy (non-hydrogen) atoms. The molecule has 0 unspecified atom stereocenters. The van der Waals surface area contributed by atoms with Crippen LogP contribution in [0, 0.1) is 0 Å². The maximum absolute atomic E-state index is 12.7. The van der Waals surface area contributed by atoms with Gasteiger partial charge in [-0.15, -0.1) is 11.3 Å². The van der Waals surface area contributed by atoms with Crippen molar-refractivity contribution in [1.29, 1.82) is 0 Å². The second kappa shape index (κ2) is 6.55. The van der Waals surface area contributed by atoms with E-state index in [1.807, 2.05) is 0 Å². The molecule has 2 aliphatic rings. The fourth-order valence-corrected chi connectivity index (χ4v) is 5.31. The van der Waals surface area contributed by atoms with E-state index in [1.165, 1.54) is 4.88 Å². The number of rotatable bonds is 2. The van der Waals surface area contributed by atoms with Crippen LogP contribution < -0.4 is 15.0 Å². The highest BCUT2D eigenvalue weighted by Crippen LogP contribution is 2.41. The minimum atomic E-state index is -0.135. The predicted molar refractivity (Wildman–Crippen MR) is 108 cm³/mol. The Morgan fingerprint density at radius 2 is 2.11 bits per heavy atom. The number of aromatic amines is 1. The molecule has 8 heteroatoms. The van der Waals surface area contributed by atoms with E-state index in [0.717, 1.165) is 41.6 Å². The molecule has 0 fully saturated rings. The molecule has 1 aliphatic heterocycles. The van der Waals surface area contributed by atoms with Crippen LogP contribution in [0.5, 0.6) is 11.5 Å². The summed E-state index contributed by atoms with van der Waals surface area (Å²) in [6.07, 6.45) is 5.94. The lowest BCUT2D eigenvalue weighted by atomic mass is 9.97. The average Bonchev–Trinajstić information content (AvgIpc) is 3.25. The van der Waals surface area contributed by atoms with Crippen molar-refractivity contribution in [3.63, 3.8) is 0 Å². The fourth-order valence-electron chi connectivity index (χ4n) is 3.56. The van der Waals surface area contributed by atoms with E-state index in [-0.39, 0.29) is 12.4 Å². The van der Waals surface area contributed by atoms with E-state index >= 15 is 0 Å². The Bertz CT molecular complexity index is 1170. The van der Waals surface area contributed by atoms with E-state index in [0.29, 0.717) is 32.8 Å². The summed E-state index contributed by atoms with van der Waals surface area (Å²) in [6, 6.07) is 3.52. The first-order chi connectivity index (χ1) is 13.1. The third kappa shape index (κ3) is 2.92. The number of aryl methyl sites for hydroxylation is 2. The SMILES string of the molecule is O=c1[nH]c(/C(Cl)=C/c2cc(Cl)c3c(c2)OCO3)nc2sc3c(c12)CCCC3. The van der Waals surface area contributed by atoms with Crippen LogP contribution in [-0.4, -0.2) is 16.8 Å². The second-order valence-electron chi connectivity index (χ2n) is 6.53. The topological polar surface area (TPSA) is 64.2 Å². The lowest BCUT2D eigenvalue weighted by Gasteiger charge is -2.09. The van der Waals surface area contributed by atoms with Crippen LogP contribution in [0.25, 0.3) is 21.3 Å². The smallest absolute Gasteiger partial charge is 0.260 e. The van der Waals surface area contributed by atoms with Crippen LogP contribution in [-0.2, 0) is 12.8 Å². The van der Waals surface area contributed by atoms with Gasteiger partial charge in [0.05, 0.1) is 15.4 Å². The number of fused-ring (bicyclic) bond motifs is 4. The Morgan fingerprint density at radius 1 is 1.26 bits per heavy atom. The monoisotopic (exact) mass is 420 g/mol. The molecule has 3 heterocycles. The van der Waals surface area contributed by atoms with Crippen LogP contribution in [0.3, 0.4) is 0 Å². The zero-order valence-electron chi connectivity index (χ0n) is 14.1. The molecule has 2 aromatic heterocycles. The normalized spacial score (nSPS) is 16.0. The molecule has 0 saturated heterocycles. The molecular formula is C19H14Cl2N2O3S. The summed E-state index contributed by atoms with van der Waals surface area (Å²) >= 11 is 14.3. The van der Waals surface area contributed by atoms with Gasteiger partial charge < -0.3 is 14.5 Å². The van der Waals surface area contributed by atoms with Crippen molar-refractivity contribution >= 4 is 55.9 Å². The number of H-pyrrole nitrogens is 1. The highest BCUT2D eigenvalue weighted by Gasteiger charge is 2.21. The van der Waals surface area contributed by atoms with Gasteiger partial charge in [-0.2, -0.15) is 0 Å². The summed E-state index contributed by atoms with van der Waals surface area (Å²) in [7, 11) is 0. The van der Waals surface area contributed by atoms with Crippen LogP contribution >= 0.6 is 34.5 Å². The van der Waals surface area contributed by atoms with Crippen molar-refractivity contribution in [1.82, 2.24) is 9.97 Å². The molecule has 138 valence electrons. The van der Waals surface area contributed by atoms with Crippen LogP contribution in [0.15, 0.2) is 16.9 Å². The zero-order chi connectivity index (χ0) is 18.5. The van der Waals surface area contributed by atoms with Crippen molar-refractivity contribution in [3.05, 3.63) is 49.3 Å². The quantitative estimate of drug-likeness (QED) is 0.634. The fraction of sp³-hybridized carbons (Fsp3) is 0.263. The van der Waals surface area contributed by atoms with Crippen molar-refractivity contribution in [2.45, 2.75) is 25.7 Å². The number of ether oxygens (including phenoxy) is 2. The van der Waals surface area contributed by atoms with Gasteiger partial charge >= 0.3 is 0 Å². The highest BCUT2D eigenvalue weighted by molar-refractivity contribution is 7.18. The molecule has 0 atom stereocenters. The maximum atomic E-state index is 12.7. The summed E-state index contributed by atoms with van der Waals surface area (Å²) in [4.78, 5) is 22.1. The summed E-state index contributed by atoms with van der Waals surface area (Å²) in [5.74, 6) is 1.45. The molecule has 1 N–H and O–H groups in total. The lowest BCUT2D eigenvalue weighted by molar-refractivity contribution is 0.174. The Hall–Kier alpha value is -2.02. The van der Waals surface area contributed by atoms with Gasteiger partial charge in [0.25, 0.3) is 5.56 Å². The van der Waals surface area contributed by atoms with E-state index in [1.54, 1.807) is 29.5 Å². The number of hydrogen-bond donors (Lipinski definition) is 1. The Morgan fingerprint density at radius 3 is 3.00 bits per heavy atom. The molecule has 0 spiro atoms. The third-order valence-electron chi connectivity index (χ3n) is 4.79. The zero-order valence-corrected chi connectivity index (χ0v) is 16.4. The number of benzene rings is 1. The molecular weight excluding hydrogens is 407 g/mol. The molecule has 5 rings (SSSR count). The van der Waals surface area contributed by atoms with Crippen molar-refractivity contribution in [3.8, 4) is 11.5 Å². The van der Waals surface area contributed by atoms with E-state index < -0.39 is 0 Å². The molecule has 5 nitrogen and oxygen atoms in total. The molecule has 3 aromatic rings. The lowest BCUT2D eigenvalue weighted by Crippen LogP contribution is -2.12. The van der Waals surface area contributed by atoms with E-state index in [4.69, 9.17) is 32.7 Å². The summed E-state index contributed by atoms with van der Waals surface area (Å²) < 4.78 is 10.7. The number of thiophene rings is 1. The van der Waals surface area contributed by atoms with E-state index in [9.17, 15) is 4.79 Å². The first-order valence-electron chi connectivity index (χ1n) is 8.61. The first kappa shape index (κ1) is 17.1. The predicted octanol–water partition coefficient (Wildman–Crippen LogP) is 4.98. The number of nitrogens with one attached hydrogen (secondary N) is 1. The van der Waals surface area contributed by atoms with Gasteiger partial charge in [0.2, 0.25) is 6.79 Å². The number of hydrogen-bond acceptors (Lipinski definition) is 5. The van der Waals surface area contributed by atoms with Crippen molar-refractivity contribution in [2.24, 2.45) is 0 Å². The third-order valence-corrected chi connectivity index (χ3v) is 6.55. The van der Waals surface area contributed by atoms with E-state index in [2.05, 4.69) is 9.97 Å². The molecule has 0 amide bonds. The van der Waals surface area contributed by atoms with Crippen molar-refractivity contribution in [2.75, 3.05) is 6.79 Å². The van der Waals surface area contributed by atoms with Gasteiger partial charge in [-0.05, 0) is 55.0 Å². The summed E-state index contributed by atoms with van der Waals surface area (Å²) in [5.41, 5.74) is 1.76. The second-order valence-corrected chi connectivity index (χ2v) is 8.43. The van der Waals surface area contributed by atoms with Crippen LogP contribution in [0.1, 0.15) is 34.7 Å². The summed E-state index contributed by atoms with van der Waals surface area (Å²) in [5, 5.41) is 1.49. The summed E-state index contributed by atoms with van der Waals surface area (Å²) in [6.45, 7) is 0.143. The van der Waals surface area contributed by atoms with Crippen LogP contribution in [0.4, 0.5) is 0 Å². The van der Waals surface area contributed by atoms with Gasteiger partial charge in [-0.3, -0.25) is 4.79 Å². The Labute approximate surface area is 168 Å². The first-order valence-corrected chi connectivity index (χ1v) is 10.2. The largest absolute Gasteiger partial charge is 0.454 e. The molecule has 0 bridgehead atoms. The van der Waals surface area contributed by atoms with Crippen LogP contribution in [0.2, 0.25) is 5.02 Å². The van der Waals surface area contributed by atoms with Gasteiger partial charge in [-0.1, -0.05) is 23.2 Å². The number of nitrogens with zero attached hydrogens (tertiary/aromatic N) is 1. The molecule has 0 saturated carbocycles. The van der Waals surface area contributed by atoms with Gasteiger partial charge in [-0.25, -0.2) is 4.98 Å². The minimum Gasteiger partial charge on any atom is -0.454 e. The molecule has 1 aliphatic carbocycles. The highest BCUT2D eigenvalue weighted by atomic mass is 35.5. The standard InChI is InChI=1S/C19H14Cl2N2O3S/c20-11-5-9(7-13-16(11)26-8-25-13)6-12(21)17-22-18(24)15-10-3-1-2-4-14(10)27-19(15)23-17/h5-7H,1-4,8H2,(H,22,23,24)/b12-6-. The molecule has 0 radical (unpaired) electrons. The number of aromatic nitrogens is 2. The van der Waals surface area contributed by atoms with Gasteiger partial charge in [0.15, 0.2) is 17.3 Å². The maximum Gasteiger partial charge on any atom is 0.260 e. The van der Waals surface area contributed by atoms with Crippen molar-refractivity contribution < 1.29 is 9.47 Å². The molecule has 1 aromatic carbocycles. The Balaban J connectivity index is 1.58.